The van der Waals surface area contributed by atoms with Gasteiger partial charge in [-0.1, -0.05) is 6.07 Å². The molecular weight excluding hydrogens is 232 g/mol. The van der Waals surface area contributed by atoms with Crippen LogP contribution in [0.4, 0.5) is 5.69 Å². The lowest BCUT2D eigenvalue weighted by molar-refractivity contribution is 0.102. The average Bonchev–Trinajstić information content (AvgIpc) is 2.39. The third-order valence-corrected chi connectivity index (χ3v) is 2.21. The average molecular weight is 240 g/mol. The van der Waals surface area contributed by atoms with E-state index >= 15 is 0 Å². The molecule has 0 spiro atoms. The second-order valence-corrected chi connectivity index (χ2v) is 3.44. The Hall–Kier alpha value is -2.94. The van der Waals surface area contributed by atoms with E-state index in [9.17, 15) is 9.59 Å². The molecule has 0 saturated carbocycles. The van der Waals surface area contributed by atoms with Crippen molar-refractivity contribution in [3.63, 3.8) is 0 Å². The lowest BCUT2D eigenvalue weighted by Crippen LogP contribution is -2.23. The monoisotopic (exact) mass is 240 g/mol. The molecule has 1 heterocycles. The van der Waals surface area contributed by atoms with Crippen molar-refractivity contribution in [2.24, 2.45) is 0 Å². The molecule has 1 amide bonds. The number of carbonyl (C=O) groups is 1. The predicted molar refractivity (Wildman–Crippen MR) is 64.0 cm³/mol. The summed E-state index contributed by atoms with van der Waals surface area (Å²) in [5.41, 5.74) is 0.272. The Morgan fingerprint density at radius 2 is 2.28 bits per heavy atom. The molecule has 2 N–H and O–H groups in total. The van der Waals surface area contributed by atoms with Gasteiger partial charge in [-0.3, -0.25) is 9.59 Å². The number of rotatable bonds is 2. The first-order valence-electron chi connectivity index (χ1n) is 5.05. The van der Waals surface area contributed by atoms with Gasteiger partial charge in [0.2, 0.25) is 0 Å². The van der Waals surface area contributed by atoms with Crippen molar-refractivity contribution < 1.29 is 4.79 Å². The van der Waals surface area contributed by atoms with Crippen molar-refractivity contribution in [1.29, 1.82) is 5.26 Å². The topological polar surface area (TPSA) is 98.6 Å². The van der Waals surface area contributed by atoms with Crippen LogP contribution < -0.4 is 10.9 Å². The summed E-state index contributed by atoms with van der Waals surface area (Å²) in [7, 11) is 0. The fraction of sp³-hybridized carbons (Fsp3) is 0. The van der Waals surface area contributed by atoms with Crippen LogP contribution in [0.1, 0.15) is 15.9 Å². The summed E-state index contributed by atoms with van der Waals surface area (Å²) < 4.78 is 0. The Bertz CT molecular complexity index is 685. The molecule has 6 nitrogen and oxygen atoms in total. The number of hydrogen-bond donors (Lipinski definition) is 2. The van der Waals surface area contributed by atoms with Gasteiger partial charge in [-0.25, -0.2) is 4.98 Å². The highest BCUT2D eigenvalue weighted by Crippen LogP contribution is 2.10. The van der Waals surface area contributed by atoms with Crippen molar-refractivity contribution in [2.75, 3.05) is 5.32 Å². The van der Waals surface area contributed by atoms with Crippen molar-refractivity contribution in [1.82, 2.24) is 9.97 Å². The highest BCUT2D eigenvalue weighted by Gasteiger charge is 2.10. The van der Waals surface area contributed by atoms with Gasteiger partial charge in [-0.2, -0.15) is 5.26 Å². The van der Waals surface area contributed by atoms with Crippen LogP contribution in [-0.2, 0) is 0 Å². The van der Waals surface area contributed by atoms with Crippen LogP contribution in [0, 0.1) is 11.3 Å². The van der Waals surface area contributed by atoms with Gasteiger partial charge in [0.25, 0.3) is 11.5 Å². The summed E-state index contributed by atoms with van der Waals surface area (Å²) in [6, 6.07) is 8.36. The second-order valence-electron chi connectivity index (χ2n) is 3.44. The molecule has 2 rings (SSSR count). The molecule has 0 saturated heterocycles. The number of carbonyl (C=O) groups excluding carboxylic acids is 1. The lowest BCUT2D eigenvalue weighted by Gasteiger charge is -2.04. The third-order valence-electron chi connectivity index (χ3n) is 2.21. The van der Waals surface area contributed by atoms with Gasteiger partial charge in [0.1, 0.15) is 5.56 Å². The summed E-state index contributed by atoms with van der Waals surface area (Å²) in [6.07, 6.45) is 2.39. The third kappa shape index (κ3) is 2.41. The molecule has 0 unspecified atom stereocenters. The molecule has 0 aliphatic rings. The van der Waals surface area contributed by atoms with E-state index < -0.39 is 11.5 Å². The van der Waals surface area contributed by atoms with Gasteiger partial charge in [-0.05, 0) is 18.2 Å². The minimum absolute atomic E-state index is 0.0835. The van der Waals surface area contributed by atoms with Gasteiger partial charge < -0.3 is 10.3 Å². The molecule has 1 aromatic carbocycles. The maximum atomic E-state index is 11.8. The Balaban J connectivity index is 2.25. The zero-order valence-corrected chi connectivity index (χ0v) is 9.18. The SMILES string of the molecule is N#Cc1cccc(NC(=O)c2cnc[nH]c2=O)c1. The number of aromatic nitrogens is 2. The van der Waals surface area contributed by atoms with E-state index in [1.807, 2.05) is 6.07 Å². The molecule has 0 aliphatic carbocycles. The molecule has 2 aromatic rings. The minimum Gasteiger partial charge on any atom is -0.322 e. The van der Waals surface area contributed by atoms with Gasteiger partial charge >= 0.3 is 0 Å². The van der Waals surface area contributed by atoms with Crippen LogP contribution in [0.3, 0.4) is 0 Å². The molecule has 0 fully saturated rings. The second kappa shape index (κ2) is 4.93. The van der Waals surface area contributed by atoms with Crippen LogP contribution in [0.5, 0.6) is 0 Å². The van der Waals surface area contributed by atoms with E-state index in [4.69, 9.17) is 5.26 Å². The fourth-order valence-corrected chi connectivity index (χ4v) is 1.37. The molecule has 1 aromatic heterocycles. The van der Waals surface area contributed by atoms with Gasteiger partial charge in [0, 0.05) is 11.9 Å². The number of benzene rings is 1. The molecule has 88 valence electrons. The Labute approximate surface area is 102 Å². The number of amides is 1. The zero-order chi connectivity index (χ0) is 13.0. The van der Waals surface area contributed by atoms with Gasteiger partial charge in [0.15, 0.2) is 0 Å². The Kier molecular flexibility index (Phi) is 3.16. The van der Waals surface area contributed by atoms with Gasteiger partial charge in [-0.15, -0.1) is 0 Å². The number of nitrogens with zero attached hydrogens (tertiary/aromatic N) is 2. The standard InChI is InChI=1S/C12H8N4O2/c13-5-8-2-1-3-9(4-8)16-12(18)10-6-14-7-15-11(10)17/h1-4,6-7H,(H,16,18)(H,14,15,17). The zero-order valence-electron chi connectivity index (χ0n) is 9.18. The van der Waals surface area contributed by atoms with E-state index in [0.717, 1.165) is 0 Å². The van der Waals surface area contributed by atoms with Crippen LogP contribution in [0.15, 0.2) is 41.6 Å². The summed E-state index contributed by atoms with van der Waals surface area (Å²) in [6.45, 7) is 0. The Morgan fingerprint density at radius 1 is 1.44 bits per heavy atom. The molecule has 0 atom stereocenters. The molecule has 0 radical (unpaired) electrons. The van der Waals surface area contributed by atoms with Crippen molar-refractivity contribution >= 4 is 11.6 Å². The number of H-pyrrole nitrogens is 1. The summed E-state index contributed by atoms with van der Waals surface area (Å²) in [5, 5.41) is 11.3. The molecule has 0 aliphatic heterocycles. The Morgan fingerprint density at radius 3 is 3.00 bits per heavy atom. The first-order valence-corrected chi connectivity index (χ1v) is 5.05. The predicted octanol–water partition coefficient (Wildman–Crippen LogP) is 0.894. The minimum atomic E-state index is -0.570. The summed E-state index contributed by atoms with van der Waals surface area (Å²) >= 11 is 0. The maximum absolute atomic E-state index is 11.8. The number of aromatic amines is 1. The van der Waals surface area contributed by atoms with E-state index in [1.54, 1.807) is 18.2 Å². The summed E-state index contributed by atoms with van der Waals surface area (Å²) in [4.78, 5) is 29.1. The fourth-order valence-electron chi connectivity index (χ4n) is 1.37. The lowest BCUT2D eigenvalue weighted by atomic mass is 10.2. The number of nitrogens with one attached hydrogen (secondary N) is 2. The van der Waals surface area contributed by atoms with Crippen LogP contribution in [-0.4, -0.2) is 15.9 Å². The van der Waals surface area contributed by atoms with E-state index in [1.165, 1.54) is 18.6 Å². The van der Waals surface area contributed by atoms with Crippen molar-refractivity contribution in [3.05, 3.63) is 58.3 Å². The molecule has 18 heavy (non-hydrogen) atoms. The molecule has 6 heteroatoms. The van der Waals surface area contributed by atoms with Crippen molar-refractivity contribution in [3.8, 4) is 6.07 Å². The van der Waals surface area contributed by atoms with E-state index in [0.29, 0.717) is 11.3 Å². The number of hydrogen-bond acceptors (Lipinski definition) is 4. The van der Waals surface area contributed by atoms with Gasteiger partial charge in [0.05, 0.1) is 18.0 Å². The first kappa shape index (κ1) is 11.5. The summed E-state index contributed by atoms with van der Waals surface area (Å²) in [5.74, 6) is -0.570. The highest BCUT2D eigenvalue weighted by atomic mass is 16.2. The first-order chi connectivity index (χ1) is 8.70. The molecular formula is C12H8N4O2. The smallest absolute Gasteiger partial charge is 0.263 e. The largest absolute Gasteiger partial charge is 0.322 e. The number of anilines is 1. The van der Waals surface area contributed by atoms with Crippen LogP contribution in [0.2, 0.25) is 0 Å². The van der Waals surface area contributed by atoms with E-state index in [-0.39, 0.29) is 5.56 Å². The highest BCUT2D eigenvalue weighted by molar-refractivity contribution is 6.03. The van der Waals surface area contributed by atoms with E-state index in [2.05, 4.69) is 15.3 Å². The van der Waals surface area contributed by atoms with Crippen LogP contribution in [0.25, 0.3) is 0 Å². The molecule has 0 bridgehead atoms. The maximum Gasteiger partial charge on any atom is 0.263 e. The number of nitriles is 1. The normalized spacial score (nSPS) is 9.50. The quantitative estimate of drug-likeness (QED) is 0.814. The van der Waals surface area contributed by atoms with Crippen molar-refractivity contribution in [2.45, 2.75) is 0 Å². The van der Waals surface area contributed by atoms with Crippen LogP contribution >= 0.6 is 0 Å².